The van der Waals surface area contributed by atoms with Crippen molar-refractivity contribution < 1.29 is 0 Å². The molecule has 1 rings (SSSR count). The first-order valence-corrected chi connectivity index (χ1v) is 5.26. The first-order chi connectivity index (χ1) is 5.26. The van der Waals surface area contributed by atoms with Gasteiger partial charge in [0.2, 0.25) is 0 Å². The largest absolute Gasteiger partial charge is 0.0651 e. The number of hydrogen-bond donors (Lipinski definition) is 0. The summed E-state index contributed by atoms with van der Waals surface area (Å²) in [6.45, 7) is 7.02. The van der Waals surface area contributed by atoms with E-state index in [1.165, 1.54) is 32.1 Å². The minimum atomic E-state index is 0.970. The third kappa shape index (κ3) is 2.50. The summed E-state index contributed by atoms with van der Waals surface area (Å²) in [5.41, 5.74) is 0. The van der Waals surface area contributed by atoms with Crippen LogP contribution in [0.5, 0.6) is 0 Å². The zero-order chi connectivity index (χ0) is 8.27. The van der Waals surface area contributed by atoms with Crippen molar-refractivity contribution in [3.8, 4) is 0 Å². The molecule has 0 heterocycles. The SMILES string of the molecule is CCC(C)CC1CC(CC)C1. The predicted molar refractivity (Wildman–Crippen MR) is 50.6 cm³/mol. The Morgan fingerprint density at radius 3 is 2.27 bits per heavy atom. The average molecular weight is 154 g/mol. The Labute approximate surface area is 71.4 Å². The van der Waals surface area contributed by atoms with Crippen molar-refractivity contribution in [3.05, 3.63) is 0 Å². The molecule has 0 nitrogen and oxygen atoms in total. The average Bonchev–Trinajstić information content (AvgIpc) is 1.95. The van der Waals surface area contributed by atoms with E-state index in [0.717, 1.165) is 17.8 Å². The van der Waals surface area contributed by atoms with E-state index in [-0.39, 0.29) is 0 Å². The van der Waals surface area contributed by atoms with Crippen molar-refractivity contribution in [2.45, 2.75) is 52.9 Å². The molecule has 1 saturated carbocycles. The zero-order valence-corrected chi connectivity index (χ0v) is 8.27. The Hall–Kier alpha value is 0. The maximum atomic E-state index is 2.39. The van der Waals surface area contributed by atoms with E-state index in [9.17, 15) is 0 Å². The molecular formula is C11H22. The molecule has 1 fully saturated rings. The van der Waals surface area contributed by atoms with Gasteiger partial charge in [-0.25, -0.2) is 0 Å². The molecule has 0 N–H and O–H groups in total. The maximum Gasteiger partial charge on any atom is -0.0406 e. The van der Waals surface area contributed by atoms with Crippen LogP contribution in [0.4, 0.5) is 0 Å². The third-order valence-electron chi connectivity index (χ3n) is 3.34. The molecule has 0 aromatic heterocycles. The van der Waals surface area contributed by atoms with Crippen molar-refractivity contribution in [1.82, 2.24) is 0 Å². The lowest BCUT2D eigenvalue weighted by Crippen LogP contribution is -2.24. The minimum absolute atomic E-state index is 0.970. The van der Waals surface area contributed by atoms with Gasteiger partial charge >= 0.3 is 0 Å². The quantitative estimate of drug-likeness (QED) is 0.577. The van der Waals surface area contributed by atoms with Crippen LogP contribution in [0, 0.1) is 17.8 Å². The van der Waals surface area contributed by atoms with Crippen LogP contribution in [0.25, 0.3) is 0 Å². The molecule has 0 heteroatoms. The van der Waals surface area contributed by atoms with Crippen molar-refractivity contribution in [2.75, 3.05) is 0 Å². The first kappa shape index (κ1) is 9.09. The van der Waals surface area contributed by atoms with Crippen molar-refractivity contribution in [2.24, 2.45) is 17.8 Å². The summed E-state index contributed by atoms with van der Waals surface area (Å²) in [6, 6.07) is 0. The lowest BCUT2D eigenvalue weighted by Gasteiger charge is -2.36. The molecule has 0 amide bonds. The van der Waals surface area contributed by atoms with E-state index >= 15 is 0 Å². The molecule has 0 aromatic carbocycles. The van der Waals surface area contributed by atoms with Crippen LogP contribution in [0.1, 0.15) is 52.9 Å². The number of hydrogen-bond acceptors (Lipinski definition) is 0. The zero-order valence-electron chi connectivity index (χ0n) is 8.27. The van der Waals surface area contributed by atoms with Gasteiger partial charge < -0.3 is 0 Å². The molecule has 1 atom stereocenters. The van der Waals surface area contributed by atoms with Gasteiger partial charge in [0.15, 0.2) is 0 Å². The Bertz CT molecular complexity index is 101. The molecule has 11 heavy (non-hydrogen) atoms. The van der Waals surface area contributed by atoms with Crippen LogP contribution in [0.15, 0.2) is 0 Å². The molecule has 1 aliphatic carbocycles. The molecular weight excluding hydrogens is 132 g/mol. The third-order valence-corrected chi connectivity index (χ3v) is 3.34. The summed E-state index contributed by atoms with van der Waals surface area (Å²) in [6.07, 6.45) is 7.33. The van der Waals surface area contributed by atoms with Gasteiger partial charge in [-0.05, 0) is 37.0 Å². The highest BCUT2D eigenvalue weighted by Crippen LogP contribution is 2.39. The van der Waals surface area contributed by atoms with E-state index in [2.05, 4.69) is 20.8 Å². The molecule has 1 aliphatic rings. The van der Waals surface area contributed by atoms with Gasteiger partial charge in [0, 0.05) is 0 Å². The minimum Gasteiger partial charge on any atom is -0.0651 e. The van der Waals surface area contributed by atoms with Gasteiger partial charge in [0.1, 0.15) is 0 Å². The van der Waals surface area contributed by atoms with Crippen LogP contribution < -0.4 is 0 Å². The molecule has 0 aromatic rings. The molecule has 0 saturated heterocycles. The van der Waals surface area contributed by atoms with Crippen LogP contribution in [0.2, 0.25) is 0 Å². The van der Waals surface area contributed by atoms with E-state index < -0.39 is 0 Å². The Morgan fingerprint density at radius 2 is 1.82 bits per heavy atom. The van der Waals surface area contributed by atoms with Crippen LogP contribution in [-0.4, -0.2) is 0 Å². The number of rotatable bonds is 4. The molecule has 0 spiro atoms. The van der Waals surface area contributed by atoms with Crippen molar-refractivity contribution >= 4 is 0 Å². The molecule has 0 bridgehead atoms. The van der Waals surface area contributed by atoms with E-state index in [1.807, 2.05) is 0 Å². The van der Waals surface area contributed by atoms with Crippen LogP contribution in [0.3, 0.4) is 0 Å². The van der Waals surface area contributed by atoms with E-state index in [1.54, 1.807) is 0 Å². The fourth-order valence-corrected chi connectivity index (χ4v) is 2.14. The van der Waals surface area contributed by atoms with E-state index in [4.69, 9.17) is 0 Å². The van der Waals surface area contributed by atoms with Crippen molar-refractivity contribution in [1.29, 1.82) is 0 Å². The lowest BCUT2D eigenvalue weighted by molar-refractivity contribution is 0.156. The van der Waals surface area contributed by atoms with Gasteiger partial charge in [-0.15, -0.1) is 0 Å². The molecule has 0 aliphatic heterocycles. The summed E-state index contributed by atoms with van der Waals surface area (Å²) >= 11 is 0. The van der Waals surface area contributed by atoms with Gasteiger partial charge in [0.25, 0.3) is 0 Å². The Balaban J connectivity index is 2.04. The predicted octanol–water partition coefficient (Wildman–Crippen LogP) is 3.86. The van der Waals surface area contributed by atoms with Gasteiger partial charge in [-0.1, -0.05) is 33.6 Å². The monoisotopic (exact) mass is 154 g/mol. The highest BCUT2D eigenvalue weighted by atomic mass is 14.3. The molecule has 1 unspecified atom stereocenters. The normalized spacial score (nSPS) is 33.0. The summed E-state index contributed by atoms with van der Waals surface area (Å²) in [5, 5.41) is 0. The lowest BCUT2D eigenvalue weighted by atomic mass is 9.70. The van der Waals surface area contributed by atoms with Crippen LogP contribution in [-0.2, 0) is 0 Å². The Morgan fingerprint density at radius 1 is 1.18 bits per heavy atom. The molecule has 0 radical (unpaired) electrons. The summed E-state index contributed by atoms with van der Waals surface area (Å²) < 4.78 is 0. The highest BCUT2D eigenvalue weighted by molar-refractivity contribution is 4.79. The molecule has 66 valence electrons. The second-order valence-electron chi connectivity index (χ2n) is 4.36. The van der Waals surface area contributed by atoms with Crippen molar-refractivity contribution in [3.63, 3.8) is 0 Å². The van der Waals surface area contributed by atoms with Gasteiger partial charge in [0.05, 0.1) is 0 Å². The second-order valence-corrected chi connectivity index (χ2v) is 4.36. The summed E-state index contributed by atoms with van der Waals surface area (Å²) in [7, 11) is 0. The second kappa shape index (κ2) is 4.13. The van der Waals surface area contributed by atoms with E-state index in [0.29, 0.717) is 0 Å². The highest BCUT2D eigenvalue weighted by Gasteiger charge is 2.27. The maximum absolute atomic E-state index is 2.39. The fraction of sp³-hybridized carbons (Fsp3) is 1.00. The smallest absolute Gasteiger partial charge is 0.0406 e. The fourth-order valence-electron chi connectivity index (χ4n) is 2.14. The first-order valence-electron chi connectivity index (χ1n) is 5.26. The topological polar surface area (TPSA) is 0 Å². The summed E-state index contributed by atoms with van der Waals surface area (Å²) in [4.78, 5) is 0. The van der Waals surface area contributed by atoms with Crippen LogP contribution >= 0.6 is 0 Å². The Kier molecular flexibility index (Phi) is 3.42. The summed E-state index contributed by atoms with van der Waals surface area (Å²) in [5.74, 6) is 3.15. The van der Waals surface area contributed by atoms with Gasteiger partial charge in [-0.2, -0.15) is 0 Å². The van der Waals surface area contributed by atoms with Gasteiger partial charge in [-0.3, -0.25) is 0 Å². The standard InChI is InChI=1S/C11H22/c1-4-9(3)6-11-7-10(5-2)8-11/h9-11H,4-8H2,1-3H3.